The van der Waals surface area contributed by atoms with Crippen molar-refractivity contribution < 1.29 is 4.39 Å². The van der Waals surface area contributed by atoms with Crippen LogP contribution in [0.1, 0.15) is 6.42 Å². The van der Waals surface area contributed by atoms with Crippen molar-refractivity contribution in [3.63, 3.8) is 0 Å². The predicted octanol–water partition coefficient (Wildman–Crippen LogP) is 4.69. The molecule has 6 aromatic rings. The molecule has 186 valence electrons. The van der Waals surface area contributed by atoms with Crippen LogP contribution in [0, 0.1) is 5.82 Å². The molecule has 4 aromatic heterocycles. The first-order chi connectivity index (χ1) is 18.7. The Balaban J connectivity index is 1.32. The molecule has 0 aliphatic carbocycles. The number of piperazine rings is 1. The lowest BCUT2D eigenvalue weighted by atomic mass is 9.99. The standard InChI is InChI=1S/C29H23FN8/c30-23-12-18(4-5-26(23)37-16-19-13-20(37)14-33-19)25-8-11-32-29-27(21-2-1-3-24-22(21)15-34-35-24)28(36-38(25)29)17-6-9-31-10-7-17/h1-12,15,19-20,33H,13-14,16H2,(H,34,35)/t19-,20+/m1/s1. The van der Waals surface area contributed by atoms with Crippen LogP contribution in [0.25, 0.3) is 50.2 Å². The smallest absolute Gasteiger partial charge is 0.164 e. The predicted molar refractivity (Wildman–Crippen MR) is 144 cm³/mol. The molecule has 0 saturated carbocycles. The number of hydrogen-bond donors (Lipinski definition) is 2. The van der Waals surface area contributed by atoms with Gasteiger partial charge < -0.3 is 10.2 Å². The molecule has 6 heterocycles. The van der Waals surface area contributed by atoms with Crippen molar-refractivity contribution in [1.29, 1.82) is 0 Å². The van der Waals surface area contributed by atoms with E-state index in [4.69, 9.17) is 10.1 Å². The van der Waals surface area contributed by atoms with Gasteiger partial charge in [0.2, 0.25) is 0 Å². The molecule has 2 bridgehead atoms. The highest BCUT2D eigenvalue weighted by Gasteiger charge is 2.38. The van der Waals surface area contributed by atoms with Gasteiger partial charge in [-0.05, 0) is 48.4 Å². The van der Waals surface area contributed by atoms with Crippen molar-refractivity contribution in [3.8, 4) is 33.6 Å². The van der Waals surface area contributed by atoms with E-state index in [0.717, 1.165) is 64.1 Å². The van der Waals surface area contributed by atoms with E-state index < -0.39 is 0 Å². The highest BCUT2D eigenvalue weighted by molar-refractivity contribution is 6.02. The molecule has 2 aliphatic heterocycles. The molecule has 9 heteroatoms. The van der Waals surface area contributed by atoms with Gasteiger partial charge in [0.05, 0.1) is 28.7 Å². The van der Waals surface area contributed by atoms with Crippen LogP contribution in [0.15, 0.2) is 79.4 Å². The number of rotatable bonds is 4. The lowest BCUT2D eigenvalue weighted by Gasteiger charge is -2.30. The zero-order valence-electron chi connectivity index (χ0n) is 20.3. The number of fused-ring (bicyclic) bond motifs is 4. The Bertz CT molecular complexity index is 1830. The van der Waals surface area contributed by atoms with Crippen LogP contribution in [-0.2, 0) is 0 Å². The van der Waals surface area contributed by atoms with Crippen molar-refractivity contribution in [2.45, 2.75) is 18.5 Å². The maximum absolute atomic E-state index is 15.5. The molecule has 2 N–H and O–H groups in total. The molecule has 2 fully saturated rings. The molecular formula is C29H23FN8. The van der Waals surface area contributed by atoms with Gasteiger partial charge in [0, 0.05) is 60.3 Å². The Labute approximate surface area is 217 Å². The second kappa shape index (κ2) is 8.19. The third-order valence-electron chi connectivity index (χ3n) is 7.84. The summed E-state index contributed by atoms with van der Waals surface area (Å²) >= 11 is 0. The van der Waals surface area contributed by atoms with Crippen LogP contribution < -0.4 is 10.2 Å². The summed E-state index contributed by atoms with van der Waals surface area (Å²) in [5.74, 6) is -0.218. The van der Waals surface area contributed by atoms with E-state index in [-0.39, 0.29) is 5.82 Å². The molecule has 0 radical (unpaired) electrons. The maximum atomic E-state index is 15.5. The normalized spacial score (nSPS) is 18.7. The largest absolute Gasteiger partial charge is 0.363 e. The Kier molecular flexibility index (Phi) is 4.62. The second-order valence-corrected chi connectivity index (χ2v) is 9.98. The summed E-state index contributed by atoms with van der Waals surface area (Å²) in [7, 11) is 0. The summed E-state index contributed by atoms with van der Waals surface area (Å²) in [6.45, 7) is 1.76. The van der Waals surface area contributed by atoms with Crippen LogP contribution in [0.4, 0.5) is 10.1 Å². The molecule has 0 amide bonds. The van der Waals surface area contributed by atoms with Crippen LogP contribution in [-0.4, -0.2) is 55.0 Å². The zero-order chi connectivity index (χ0) is 25.2. The number of H-pyrrole nitrogens is 1. The van der Waals surface area contributed by atoms with Crippen LogP contribution in [0.5, 0.6) is 0 Å². The van der Waals surface area contributed by atoms with Gasteiger partial charge in [-0.1, -0.05) is 18.2 Å². The molecule has 2 atom stereocenters. The number of pyridine rings is 1. The summed E-state index contributed by atoms with van der Waals surface area (Å²) in [5.41, 5.74) is 7.37. The fraction of sp³-hybridized carbons (Fsp3) is 0.172. The van der Waals surface area contributed by atoms with E-state index in [2.05, 4.69) is 31.5 Å². The second-order valence-electron chi connectivity index (χ2n) is 9.98. The summed E-state index contributed by atoms with van der Waals surface area (Å²) < 4.78 is 17.4. The molecule has 0 spiro atoms. The van der Waals surface area contributed by atoms with Gasteiger partial charge in [0.1, 0.15) is 11.5 Å². The minimum absolute atomic E-state index is 0.218. The quantitative estimate of drug-likeness (QED) is 0.364. The highest BCUT2D eigenvalue weighted by atomic mass is 19.1. The van der Waals surface area contributed by atoms with Gasteiger partial charge in [0.25, 0.3) is 0 Å². The zero-order valence-corrected chi connectivity index (χ0v) is 20.3. The van der Waals surface area contributed by atoms with Crippen LogP contribution >= 0.6 is 0 Å². The van der Waals surface area contributed by atoms with Gasteiger partial charge in [-0.3, -0.25) is 10.1 Å². The van der Waals surface area contributed by atoms with E-state index in [1.54, 1.807) is 24.7 Å². The maximum Gasteiger partial charge on any atom is 0.164 e. The Morgan fingerprint density at radius 1 is 0.974 bits per heavy atom. The molecule has 8 rings (SSSR count). The molecule has 2 aliphatic rings. The summed E-state index contributed by atoms with van der Waals surface area (Å²) in [6, 6.07) is 18.1. The van der Waals surface area contributed by atoms with Gasteiger partial charge in [-0.25, -0.2) is 13.9 Å². The average Bonchev–Trinajstić information content (AvgIpc) is 3.76. The van der Waals surface area contributed by atoms with Crippen LogP contribution in [0.2, 0.25) is 0 Å². The monoisotopic (exact) mass is 502 g/mol. The average molecular weight is 503 g/mol. The number of nitrogens with zero attached hydrogens (tertiary/aromatic N) is 6. The third-order valence-corrected chi connectivity index (χ3v) is 7.84. The van der Waals surface area contributed by atoms with E-state index in [1.807, 2.05) is 53.2 Å². The van der Waals surface area contributed by atoms with Crippen LogP contribution in [0.3, 0.4) is 0 Å². The summed E-state index contributed by atoms with van der Waals surface area (Å²) in [6.07, 6.45) is 8.17. The highest BCUT2D eigenvalue weighted by Crippen LogP contribution is 2.39. The first kappa shape index (κ1) is 21.5. The Morgan fingerprint density at radius 3 is 2.71 bits per heavy atom. The Morgan fingerprint density at radius 2 is 1.89 bits per heavy atom. The van der Waals surface area contributed by atoms with Gasteiger partial charge in [-0.15, -0.1) is 0 Å². The molecule has 2 saturated heterocycles. The molecule has 2 aromatic carbocycles. The molecule has 0 unspecified atom stereocenters. The number of aromatic nitrogens is 6. The molecule has 8 nitrogen and oxygen atoms in total. The number of hydrogen-bond acceptors (Lipinski definition) is 6. The fourth-order valence-electron chi connectivity index (χ4n) is 6.06. The number of benzene rings is 2. The first-order valence-corrected chi connectivity index (χ1v) is 12.7. The number of aromatic amines is 1. The van der Waals surface area contributed by atoms with Crippen molar-refractivity contribution in [3.05, 3.63) is 85.2 Å². The number of halogens is 1. The lowest BCUT2D eigenvalue weighted by molar-refractivity contribution is 0.561. The van der Waals surface area contributed by atoms with Crippen molar-refractivity contribution in [2.24, 2.45) is 0 Å². The number of anilines is 1. The van der Waals surface area contributed by atoms with E-state index in [9.17, 15) is 0 Å². The summed E-state index contributed by atoms with van der Waals surface area (Å²) in [4.78, 5) is 11.1. The minimum atomic E-state index is -0.218. The minimum Gasteiger partial charge on any atom is -0.363 e. The van der Waals surface area contributed by atoms with Gasteiger partial charge >= 0.3 is 0 Å². The van der Waals surface area contributed by atoms with E-state index in [0.29, 0.717) is 23.4 Å². The molecular weight excluding hydrogens is 479 g/mol. The topological polar surface area (TPSA) is 87.0 Å². The SMILES string of the molecule is Fc1cc(-c2ccnc3c(-c4cccc5[nH]ncc45)c(-c4ccncc4)nn23)ccc1N1C[C@H]2C[C@H]1CN2. The fourth-order valence-corrected chi connectivity index (χ4v) is 6.06. The molecule has 38 heavy (non-hydrogen) atoms. The lowest BCUT2D eigenvalue weighted by Crippen LogP contribution is -2.43. The van der Waals surface area contributed by atoms with Crippen molar-refractivity contribution >= 4 is 22.2 Å². The van der Waals surface area contributed by atoms with Crippen molar-refractivity contribution in [1.82, 2.24) is 35.1 Å². The third kappa shape index (κ3) is 3.18. The van der Waals surface area contributed by atoms with E-state index in [1.165, 1.54) is 0 Å². The Hall–Kier alpha value is -4.63. The van der Waals surface area contributed by atoms with E-state index >= 15 is 4.39 Å². The van der Waals surface area contributed by atoms with Crippen molar-refractivity contribution in [2.75, 3.05) is 18.0 Å². The summed E-state index contributed by atoms with van der Waals surface area (Å²) in [5, 5.41) is 16.8. The first-order valence-electron chi connectivity index (χ1n) is 12.7. The van der Waals surface area contributed by atoms with Gasteiger partial charge in [-0.2, -0.15) is 10.2 Å². The number of nitrogens with one attached hydrogen (secondary N) is 2. The van der Waals surface area contributed by atoms with Gasteiger partial charge in [0.15, 0.2) is 5.65 Å².